The highest BCUT2D eigenvalue weighted by Gasteiger charge is 2.42. The average molecular weight is 294 g/mol. The molecule has 21 heavy (non-hydrogen) atoms. The maximum Gasteiger partial charge on any atom is 0.0469 e. The van der Waals surface area contributed by atoms with Crippen LogP contribution < -0.4 is 5.32 Å². The Bertz CT molecular complexity index is 321. The third kappa shape index (κ3) is 3.62. The first-order chi connectivity index (χ1) is 10.2. The largest absolute Gasteiger partial charge is 0.381 e. The van der Waals surface area contributed by atoms with Gasteiger partial charge in [0.15, 0.2) is 0 Å². The molecular weight excluding hydrogens is 260 g/mol. The fourth-order valence-corrected chi connectivity index (χ4v) is 4.69. The Balaban J connectivity index is 1.66. The van der Waals surface area contributed by atoms with E-state index < -0.39 is 0 Å². The first kappa shape index (κ1) is 15.8. The molecule has 0 aromatic heterocycles. The second kappa shape index (κ2) is 6.97. The molecule has 0 amide bonds. The number of hydrogen-bond donors (Lipinski definition) is 1. The quantitative estimate of drug-likeness (QED) is 0.862. The van der Waals surface area contributed by atoms with Gasteiger partial charge in [0.05, 0.1) is 0 Å². The molecule has 1 saturated carbocycles. The van der Waals surface area contributed by atoms with E-state index in [2.05, 4.69) is 24.1 Å². The van der Waals surface area contributed by atoms with Gasteiger partial charge >= 0.3 is 0 Å². The van der Waals surface area contributed by atoms with Crippen molar-refractivity contribution in [2.24, 2.45) is 11.8 Å². The van der Waals surface area contributed by atoms with Gasteiger partial charge in [-0.05, 0) is 37.5 Å². The van der Waals surface area contributed by atoms with E-state index in [1.807, 2.05) is 0 Å². The van der Waals surface area contributed by atoms with Gasteiger partial charge in [0.1, 0.15) is 0 Å². The zero-order valence-electron chi connectivity index (χ0n) is 14.1. The minimum Gasteiger partial charge on any atom is -0.381 e. The molecule has 3 heteroatoms. The summed E-state index contributed by atoms with van der Waals surface area (Å²) in [6, 6.07) is 0.740. The lowest BCUT2D eigenvalue weighted by molar-refractivity contribution is 0.00898. The molecule has 1 spiro atoms. The summed E-state index contributed by atoms with van der Waals surface area (Å²) < 4.78 is 5.55. The second-order valence-corrected chi connectivity index (χ2v) is 7.81. The Morgan fingerprint density at radius 2 is 1.95 bits per heavy atom. The molecule has 122 valence electrons. The van der Waals surface area contributed by atoms with Gasteiger partial charge in [-0.2, -0.15) is 0 Å². The lowest BCUT2D eigenvalue weighted by Gasteiger charge is -2.49. The number of nitrogens with zero attached hydrogens (tertiary/aromatic N) is 1. The van der Waals surface area contributed by atoms with Crippen molar-refractivity contribution in [3.63, 3.8) is 0 Å². The van der Waals surface area contributed by atoms with E-state index in [0.717, 1.165) is 31.1 Å². The van der Waals surface area contributed by atoms with Crippen molar-refractivity contribution in [3.05, 3.63) is 0 Å². The van der Waals surface area contributed by atoms with E-state index in [0.29, 0.717) is 5.54 Å². The standard InChI is InChI=1S/C18H34N2O/c1-3-15(2)17-12-19-18(8-4-5-9-18)14-20(17)13-16-6-10-21-11-7-16/h15-17,19H,3-14H2,1-2H3. The molecule has 3 aliphatic rings. The zero-order valence-corrected chi connectivity index (χ0v) is 14.1. The van der Waals surface area contributed by atoms with Crippen molar-refractivity contribution in [1.29, 1.82) is 0 Å². The van der Waals surface area contributed by atoms with Crippen LogP contribution in [-0.4, -0.2) is 49.3 Å². The summed E-state index contributed by atoms with van der Waals surface area (Å²) in [5.41, 5.74) is 0.454. The summed E-state index contributed by atoms with van der Waals surface area (Å²) >= 11 is 0. The van der Waals surface area contributed by atoms with E-state index in [4.69, 9.17) is 4.74 Å². The molecule has 0 aromatic carbocycles. The first-order valence-corrected chi connectivity index (χ1v) is 9.29. The molecule has 2 unspecified atom stereocenters. The van der Waals surface area contributed by atoms with E-state index in [1.54, 1.807) is 0 Å². The second-order valence-electron chi connectivity index (χ2n) is 7.81. The molecule has 3 nitrogen and oxygen atoms in total. The van der Waals surface area contributed by atoms with E-state index in [9.17, 15) is 0 Å². The SMILES string of the molecule is CCC(C)C1CNC2(CCCC2)CN1CC1CCOCC1. The predicted octanol–water partition coefficient (Wildman–Crippen LogP) is 3.05. The van der Waals surface area contributed by atoms with Crippen molar-refractivity contribution in [2.45, 2.75) is 70.4 Å². The highest BCUT2D eigenvalue weighted by Crippen LogP contribution is 2.35. The van der Waals surface area contributed by atoms with Gasteiger partial charge in [-0.1, -0.05) is 33.1 Å². The lowest BCUT2D eigenvalue weighted by atomic mass is 9.86. The fourth-order valence-electron chi connectivity index (χ4n) is 4.69. The van der Waals surface area contributed by atoms with Crippen LogP contribution in [-0.2, 0) is 4.74 Å². The third-order valence-electron chi connectivity index (χ3n) is 6.36. The van der Waals surface area contributed by atoms with Crippen molar-refractivity contribution in [2.75, 3.05) is 32.8 Å². The highest BCUT2D eigenvalue weighted by molar-refractivity contribution is 5.02. The highest BCUT2D eigenvalue weighted by atomic mass is 16.5. The first-order valence-electron chi connectivity index (χ1n) is 9.29. The minimum absolute atomic E-state index is 0.454. The van der Waals surface area contributed by atoms with Crippen LogP contribution in [0.2, 0.25) is 0 Å². The number of piperazine rings is 1. The van der Waals surface area contributed by atoms with Crippen LogP contribution in [0.1, 0.15) is 58.8 Å². The predicted molar refractivity (Wildman–Crippen MR) is 87.6 cm³/mol. The maximum absolute atomic E-state index is 5.55. The molecular formula is C18H34N2O. The van der Waals surface area contributed by atoms with Crippen LogP contribution in [0.3, 0.4) is 0 Å². The Kier molecular flexibility index (Phi) is 5.23. The van der Waals surface area contributed by atoms with Gasteiger partial charge in [-0.15, -0.1) is 0 Å². The minimum atomic E-state index is 0.454. The molecule has 1 aliphatic carbocycles. The maximum atomic E-state index is 5.55. The van der Waals surface area contributed by atoms with Gasteiger partial charge in [-0.3, -0.25) is 4.90 Å². The number of rotatable bonds is 4. The molecule has 2 saturated heterocycles. The molecule has 3 rings (SSSR count). The van der Waals surface area contributed by atoms with Crippen LogP contribution in [0, 0.1) is 11.8 Å². The Morgan fingerprint density at radius 1 is 1.24 bits per heavy atom. The van der Waals surface area contributed by atoms with Gasteiger partial charge in [0.2, 0.25) is 0 Å². The summed E-state index contributed by atoms with van der Waals surface area (Å²) in [4.78, 5) is 2.87. The monoisotopic (exact) mass is 294 g/mol. The number of nitrogens with one attached hydrogen (secondary N) is 1. The molecule has 2 heterocycles. The van der Waals surface area contributed by atoms with Gasteiger partial charge in [-0.25, -0.2) is 0 Å². The topological polar surface area (TPSA) is 24.5 Å². The Labute approximate surface area is 130 Å². The molecule has 2 aliphatic heterocycles. The lowest BCUT2D eigenvalue weighted by Crippen LogP contribution is -2.65. The van der Waals surface area contributed by atoms with E-state index in [1.165, 1.54) is 64.6 Å². The van der Waals surface area contributed by atoms with Crippen molar-refractivity contribution in [1.82, 2.24) is 10.2 Å². The van der Waals surface area contributed by atoms with Crippen LogP contribution in [0.5, 0.6) is 0 Å². The number of ether oxygens (including phenoxy) is 1. The third-order valence-corrected chi connectivity index (χ3v) is 6.36. The summed E-state index contributed by atoms with van der Waals surface area (Å²) in [6.45, 7) is 10.6. The van der Waals surface area contributed by atoms with Crippen molar-refractivity contribution >= 4 is 0 Å². The summed E-state index contributed by atoms with van der Waals surface area (Å²) in [5, 5.41) is 3.96. The molecule has 1 N–H and O–H groups in total. The number of hydrogen-bond acceptors (Lipinski definition) is 3. The van der Waals surface area contributed by atoms with Crippen LogP contribution in [0.15, 0.2) is 0 Å². The van der Waals surface area contributed by atoms with E-state index in [-0.39, 0.29) is 0 Å². The fraction of sp³-hybridized carbons (Fsp3) is 1.00. The normalized spacial score (nSPS) is 32.6. The van der Waals surface area contributed by atoms with E-state index >= 15 is 0 Å². The van der Waals surface area contributed by atoms with Gasteiger partial charge in [0, 0.05) is 44.4 Å². The molecule has 2 atom stereocenters. The van der Waals surface area contributed by atoms with Crippen LogP contribution >= 0.6 is 0 Å². The van der Waals surface area contributed by atoms with Crippen LogP contribution in [0.4, 0.5) is 0 Å². The Morgan fingerprint density at radius 3 is 2.62 bits per heavy atom. The van der Waals surface area contributed by atoms with Crippen LogP contribution in [0.25, 0.3) is 0 Å². The summed E-state index contributed by atoms with van der Waals surface area (Å²) in [7, 11) is 0. The average Bonchev–Trinajstić information content (AvgIpc) is 2.96. The smallest absolute Gasteiger partial charge is 0.0469 e. The van der Waals surface area contributed by atoms with Gasteiger partial charge < -0.3 is 10.1 Å². The molecule has 0 bridgehead atoms. The van der Waals surface area contributed by atoms with Gasteiger partial charge in [0.25, 0.3) is 0 Å². The molecule has 0 aromatic rings. The Hall–Kier alpha value is -0.120. The van der Waals surface area contributed by atoms with Crippen molar-refractivity contribution in [3.8, 4) is 0 Å². The summed E-state index contributed by atoms with van der Waals surface area (Å²) in [6.07, 6.45) is 9.46. The molecule has 3 fully saturated rings. The zero-order chi connectivity index (χ0) is 14.7. The van der Waals surface area contributed by atoms with Crippen molar-refractivity contribution < 1.29 is 4.74 Å². The molecule has 0 radical (unpaired) electrons. The summed E-state index contributed by atoms with van der Waals surface area (Å²) in [5.74, 6) is 1.66.